The third-order valence-electron chi connectivity index (χ3n) is 6.82. The molecule has 2 heterocycles. The minimum atomic E-state index is -1.04. The van der Waals surface area contributed by atoms with Crippen LogP contribution in [0.3, 0.4) is 0 Å². The third-order valence-corrected chi connectivity index (χ3v) is 6.82. The van der Waals surface area contributed by atoms with Crippen molar-refractivity contribution in [3.8, 4) is 0 Å². The fraction of sp³-hybridized carbons (Fsp3) is 0.217. The number of likely N-dealkylation sites (N-methyl/N-ethyl adjacent to an activating group) is 1. The number of amides is 1. The minimum Gasteiger partial charge on any atom is -0.313 e. The second-order valence-corrected chi connectivity index (χ2v) is 7.75. The standard InChI is InChI=1S/C23H18N2O2/c1-25-18-11-3-2-9-16(18)23(21(25)27)22(12-13-24-23)17-10-5-7-14-6-4-8-15(19(14)17)20(22)26/h2-11,24H,12-13H2,1H3. The molecule has 1 fully saturated rings. The highest BCUT2D eigenvalue weighted by molar-refractivity contribution is 6.25. The highest BCUT2D eigenvalue weighted by Crippen LogP contribution is 2.60. The highest BCUT2D eigenvalue weighted by Gasteiger charge is 2.70. The van der Waals surface area contributed by atoms with E-state index in [9.17, 15) is 9.59 Å². The van der Waals surface area contributed by atoms with Crippen LogP contribution < -0.4 is 10.2 Å². The average Bonchev–Trinajstić information content (AvgIpc) is 3.29. The molecule has 3 aromatic carbocycles. The van der Waals surface area contributed by atoms with Gasteiger partial charge in [0.15, 0.2) is 5.78 Å². The fourth-order valence-corrected chi connectivity index (χ4v) is 5.78. The van der Waals surface area contributed by atoms with Gasteiger partial charge in [0.25, 0.3) is 5.91 Å². The molecule has 0 radical (unpaired) electrons. The molecule has 3 aromatic rings. The summed E-state index contributed by atoms with van der Waals surface area (Å²) >= 11 is 0. The molecule has 2 spiro atoms. The Morgan fingerprint density at radius 1 is 0.926 bits per heavy atom. The van der Waals surface area contributed by atoms with E-state index in [1.165, 1.54) is 0 Å². The van der Waals surface area contributed by atoms with E-state index in [0.29, 0.717) is 13.0 Å². The van der Waals surface area contributed by atoms with Crippen LogP contribution in [0.25, 0.3) is 10.8 Å². The van der Waals surface area contributed by atoms with Gasteiger partial charge in [-0.1, -0.05) is 54.6 Å². The number of benzene rings is 3. The Balaban J connectivity index is 1.76. The zero-order chi connectivity index (χ0) is 18.4. The summed E-state index contributed by atoms with van der Waals surface area (Å²) in [5, 5.41) is 5.56. The van der Waals surface area contributed by atoms with E-state index in [2.05, 4.69) is 5.32 Å². The van der Waals surface area contributed by atoms with Crippen LogP contribution in [-0.2, 0) is 15.7 Å². The first kappa shape index (κ1) is 15.1. The summed E-state index contributed by atoms with van der Waals surface area (Å²) in [4.78, 5) is 29.3. The van der Waals surface area contributed by atoms with Gasteiger partial charge < -0.3 is 4.90 Å². The van der Waals surface area contributed by atoms with Crippen LogP contribution in [0.15, 0.2) is 60.7 Å². The number of para-hydroxylation sites is 1. The van der Waals surface area contributed by atoms with E-state index in [-0.39, 0.29) is 11.7 Å². The van der Waals surface area contributed by atoms with Crippen molar-refractivity contribution >= 4 is 28.2 Å². The van der Waals surface area contributed by atoms with Crippen molar-refractivity contribution in [3.05, 3.63) is 77.4 Å². The van der Waals surface area contributed by atoms with Crippen LogP contribution in [-0.4, -0.2) is 25.3 Å². The maximum absolute atomic E-state index is 13.9. The molecule has 1 saturated heterocycles. The van der Waals surface area contributed by atoms with E-state index in [0.717, 1.165) is 33.2 Å². The SMILES string of the molecule is CN1C(=O)C2(NCCC23C(=O)c2cccc4cccc3c24)c2ccccc21. The molecule has 4 heteroatoms. The van der Waals surface area contributed by atoms with Gasteiger partial charge in [0.2, 0.25) is 0 Å². The highest BCUT2D eigenvalue weighted by atomic mass is 16.2. The number of Topliss-reactive ketones (excluding diaryl/α,β-unsaturated/α-hetero) is 1. The Morgan fingerprint density at radius 2 is 1.67 bits per heavy atom. The topological polar surface area (TPSA) is 49.4 Å². The predicted molar refractivity (Wildman–Crippen MR) is 104 cm³/mol. The lowest BCUT2D eigenvalue weighted by atomic mass is 9.62. The van der Waals surface area contributed by atoms with E-state index >= 15 is 0 Å². The molecular formula is C23H18N2O2. The third kappa shape index (κ3) is 1.41. The molecule has 4 nitrogen and oxygen atoms in total. The maximum Gasteiger partial charge on any atom is 0.253 e. The smallest absolute Gasteiger partial charge is 0.253 e. The number of hydrogen-bond donors (Lipinski definition) is 1. The zero-order valence-electron chi connectivity index (χ0n) is 15.0. The summed E-state index contributed by atoms with van der Waals surface area (Å²) in [6.45, 7) is 0.629. The molecule has 1 amide bonds. The van der Waals surface area contributed by atoms with Gasteiger partial charge in [-0.25, -0.2) is 0 Å². The monoisotopic (exact) mass is 354 g/mol. The molecule has 2 aliphatic heterocycles. The average molecular weight is 354 g/mol. The van der Waals surface area contributed by atoms with Crippen molar-refractivity contribution < 1.29 is 9.59 Å². The number of carbonyl (C=O) groups is 2. The number of rotatable bonds is 0. The first-order valence-electron chi connectivity index (χ1n) is 9.33. The molecule has 1 N–H and O–H groups in total. The van der Waals surface area contributed by atoms with Gasteiger partial charge in [-0.3, -0.25) is 14.9 Å². The number of nitrogens with one attached hydrogen (secondary N) is 1. The summed E-state index contributed by atoms with van der Waals surface area (Å²) in [5.41, 5.74) is 1.59. The molecule has 2 atom stereocenters. The Labute approximate surface area is 156 Å². The molecule has 27 heavy (non-hydrogen) atoms. The minimum absolute atomic E-state index is 0.0423. The van der Waals surface area contributed by atoms with Gasteiger partial charge in [0, 0.05) is 23.9 Å². The van der Waals surface area contributed by atoms with Crippen LogP contribution in [0.4, 0.5) is 5.69 Å². The molecule has 0 saturated carbocycles. The van der Waals surface area contributed by atoms with Gasteiger partial charge in [0.1, 0.15) is 5.54 Å². The van der Waals surface area contributed by atoms with Gasteiger partial charge >= 0.3 is 0 Å². The summed E-state index contributed by atoms with van der Waals surface area (Å²) in [6, 6.07) is 19.8. The molecule has 1 aliphatic carbocycles. The number of nitrogens with zero attached hydrogens (tertiary/aromatic N) is 1. The van der Waals surface area contributed by atoms with Crippen LogP contribution in [0, 0.1) is 0 Å². The van der Waals surface area contributed by atoms with E-state index in [1.807, 2.05) is 60.7 Å². The summed E-state index contributed by atoms with van der Waals surface area (Å²) in [7, 11) is 1.80. The van der Waals surface area contributed by atoms with Gasteiger partial charge in [-0.05, 0) is 35.4 Å². The van der Waals surface area contributed by atoms with Crippen LogP contribution in [0.2, 0.25) is 0 Å². The lowest BCUT2D eigenvalue weighted by Gasteiger charge is -2.39. The van der Waals surface area contributed by atoms with Crippen molar-refractivity contribution in [3.63, 3.8) is 0 Å². The maximum atomic E-state index is 13.9. The molecule has 132 valence electrons. The van der Waals surface area contributed by atoms with Crippen molar-refractivity contribution in [2.24, 2.45) is 0 Å². The van der Waals surface area contributed by atoms with Crippen LogP contribution >= 0.6 is 0 Å². The van der Waals surface area contributed by atoms with Crippen molar-refractivity contribution in [1.29, 1.82) is 0 Å². The number of fused-ring (bicyclic) bond motifs is 4. The van der Waals surface area contributed by atoms with E-state index < -0.39 is 11.0 Å². The van der Waals surface area contributed by atoms with E-state index in [1.54, 1.807) is 11.9 Å². The van der Waals surface area contributed by atoms with Gasteiger partial charge in [-0.2, -0.15) is 0 Å². The molecule has 2 unspecified atom stereocenters. The van der Waals surface area contributed by atoms with Gasteiger partial charge in [0.05, 0.1) is 5.41 Å². The number of ketones is 1. The fourth-order valence-electron chi connectivity index (χ4n) is 5.78. The summed E-state index contributed by atoms with van der Waals surface area (Å²) in [5.74, 6) is 0.0251. The first-order valence-corrected chi connectivity index (χ1v) is 9.33. The number of anilines is 1. The molecule has 0 aromatic heterocycles. The first-order chi connectivity index (χ1) is 13.1. The van der Waals surface area contributed by atoms with Crippen LogP contribution in [0.5, 0.6) is 0 Å². The molecule has 0 bridgehead atoms. The predicted octanol–water partition coefficient (Wildman–Crippen LogP) is 3.14. The molecule has 3 aliphatic rings. The second kappa shape index (κ2) is 4.65. The summed E-state index contributed by atoms with van der Waals surface area (Å²) < 4.78 is 0. The van der Waals surface area contributed by atoms with Gasteiger partial charge in [-0.15, -0.1) is 0 Å². The molecule has 6 rings (SSSR count). The lowest BCUT2D eigenvalue weighted by molar-refractivity contribution is -0.125. The van der Waals surface area contributed by atoms with Crippen molar-refractivity contribution in [1.82, 2.24) is 5.32 Å². The second-order valence-electron chi connectivity index (χ2n) is 7.75. The summed E-state index contributed by atoms with van der Waals surface area (Å²) in [6.07, 6.45) is 0.619. The number of hydrogen-bond acceptors (Lipinski definition) is 3. The van der Waals surface area contributed by atoms with Crippen molar-refractivity contribution in [2.45, 2.75) is 17.4 Å². The normalized spacial score (nSPS) is 28.1. The van der Waals surface area contributed by atoms with E-state index in [4.69, 9.17) is 0 Å². The number of carbonyl (C=O) groups excluding carboxylic acids is 2. The Kier molecular flexibility index (Phi) is 2.60. The lowest BCUT2D eigenvalue weighted by Crippen LogP contribution is -2.59. The van der Waals surface area contributed by atoms with Crippen LogP contribution in [0.1, 0.15) is 27.9 Å². The Bertz CT molecular complexity index is 1180. The Hall–Kier alpha value is -2.98. The Morgan fingerprint density at radius 3 is 2.52 bits per heavy atom. The largest absolute Gasteiger partial charge is 0.313 e. The van der Waals surface area contributed by atoms with Crippen molar-refractivity contribution in [2.75, 3.05) is 18.5 Å². The quantitative estimate of drug-likeness (QED) is 0.675. The molecular weight excluding hydrogens is 336 g/mol. The zero-order valence-corrected chi connectivity index (χ0v) is 15.0.